The van der Waals surface area contributed by atoms with E-state index in [0.717, 1.165) is 42.5 Å². The highest BCUT2D eigenvalue weighted by Crippen LogP contribution is 2.23. The van der Waals surface area contributed by atoms with Crippen molar-refractivity contribution in [3.05, 3.63) is 0 Å². The Balaban J connectivity index is -0.0000120. The molecule has 4 amide bonds. The predicted molar refractivity (Wildman–Crippen MR) is 194 cm³/mol. The number of quaternary nitrogens is 2. The molecule has 0 bridgehead atoms. The second-order valence-corrected chi connectivity index (χ2v) is 23.8. The number of hydrogen-bond acceptors (Lipinski definition) is 11. The number of alkyl carbamates (subject to hydrolysis) is 4. The Labute approximate surface area is 347 Å². The van der Waals surface area contributed by atoms with Gasteiger partial charge in [0, 0.05) is 39.0 Å². The van der Waals surface area contributed by atoms with Crippen LogP contribution in [-0.2, 0) is 23.1 Å². The molecule has 17 nitrogen and oxygen atoms in total. The van der Waals surface area contributed by atoms with Gasteiger partial charge in [-0.05, 0) is 51.1 Å². The van der Waals surface area contributed by atoms with Crippen LogP contribution in [0.3, 0.4) is 0 Å². The van der Waals surface area contributed by atoms with E-state index in [1.165, 1.54) is 4.90 Å². The minimum absolute atomic E-state index is 0. The van der Waals surface area contributed by atoms with Crippen LogP contribution in [-0.4, -0.2) is 169 Å². The second kappa shape index (κ2) is 30.0. The van der Waals surface area contributed by atoms with E-state index in [-0.39, 0.29) is 74.4 Å². The normalized spacial score (nSPS) is 12.7. The zero-order valence-corrected chi connectivity index (χ0v) is 39.1. The van der Waals surface area contributed by atoms with Gasteiger partial charge in [-0.2, -0.15) is 0 Å². The Morgan fingerprint density at radius 1 is 0.596 bits per heavy atom. The zero-order valence-electron chi connectivity index (χ0n) is 32.7. The summed E-state index contributed by atoms with van der Waals surface area (Å²) >= 11 is 0. The van der Waals surface area contributed by atoms with Crippen LogP contribution in [0, 0.1) is 0 Å². The maximum absolute atomic E-state index is 12.0. The summed E-state index contributed by atoms with van der Waals surface area (Å²) in [5.41, 5.74) is 0. The van der Waals surface area contributed by atoms with Gasteiger partial charge in [0.1, 0.15) is 38.6 Å². The van der Waals surface area contributed by atoms with Gasteiger partial charge in [-0.1, -0.05) is 0 Å². The Morgan fingerprint density at radius 2 is 0.904 bits per heavy atom. The maximum atomic E-state index is 12.0. The molecule has 0 fully saturated rings. The van der Waals surface area contributed by atoms with Crippen LogP contribution in [0.1, 0.15) is 25.7 Å². The van der Waals surface area contributed by atoms with Crippen LogP contribution in [0.15, 0.2) is 0 Å². The van der Waals surface area contributed by atoms with Crippen molar-refractivity contribution in [2.24, 2.45) is 0 Å². The van der Waals surface area contributed by atoms with Crippen LogP contribution in [0.25, 0.3) is 0 Å². The summed E-state index contributed by atoms with van der Waals surface area (Å²) in [5.74, 6) is 0. The fourth-order valence-corrected chi connectivity index (χ4v) is 13.5. The lowest BCUT2D eigenvalue weighted by Crippen LogP contribution is -3.05. The van der Waals surface area contributed by atoms with E-state index in [2.05, 4.69) is 68.6 Å². The number of nitrogens with zero attached hydrogens (tertiary/aromatic N) is 1. The van der Waals surface area contributed by atoms with E-state index in [1.807, 2.05) is 14.1 Å². The van der Waals surface area contributed by atoms with Gasteiger partial charge in [0.15, 0.2) is 16.6 Å². The number of halogens is 2. The molecule has 0 rings (SSSR count). The molecule has 2 unspecified atom stereocenters. The first kappa shape index (κ1) is 55.1. The number of rotatable bonds is 26. The smallest absolute Gasteiger partial charge is 0.407 e. The number of nitrogens with one attached hydrogen (secondary N) is 5. The first-order valence-corrected chi connectivity index (χ1v) is 23.7. The third kappa shape index (κ3) is 35.8. The monoisotopic (exact) mass is 1010 g/mol. The van der Waals surface area contributed by atoms with E-state index in [1.54, 1.807) is 0 Å². The van der Waals surface area contributed by atoms with Crippen LogP contribution in [0.5, 0.6) is 0 Å². The molecule has 0 aromatic heterocycles. The second-order valence-electron chi connectivity index (χ2n) is 14.9. The highest BCUT2D eigenvalue weighted by atomic mass is 127. The summed E-state index contributed by atoms with van der Waals surface area (Å²) in [4.78, 5) is 48.7. The molecule has 0 aromatic carbocycles. The fourth-order valence-electron chi connectivity index (χ4n) is 4.62. The molecular formula is C31H68I2N6O11Si2. The summed E-state index contributed by atoms with van der Waals surface area (Å²) in [5, 5.41) is 30.5. The van der Waals surface area contributed by atoms with Gasteiger partial charge in [-0.3, -0.25) is 0 Å². The molecule has 0 heterocycles. The number of aliphatic hydroxyl groups is 2. The molecule has 0 saturated heterocycles. The van der Waals surface area contributed by atoms with Gasteiger partial charge in [0.05, 0.1) is 48.3 Å². The number of amides is 4. The van der Waals surface area contributed by atoms with E-state index in [9.17, 15) is 29.4 Å². The Kier molecular flexibility index (Phi) is 31.8. The standard InChI is InChI=1S/C31H66N6O11Si2.2HI/c1-36(2)18-10-14-32-28(40)44-22-26(38)24-46-30(42)34-16-12-20-49(6,7)48-50(8,9)21-13-17-35-31(43)47-25-27(39)23-45-29(41)33-15-11-19-37(3,4)5;;/h26-27,38-39H,10-25H2,1-9H3,(H3-,32,33,34,35,40,41,42,43);2*1H. The van der Waals surface area contributed by atoms with Crippen LogP contribution in [0.2, 0.25) is 38.3 Å². The molecular weight excluding hydrogens is 942 g/mol. The summed E-state index contributed by atoms with van der Waals surface area (Å²) in [6, 6.07) is 1.64. The number of hydrogen-bond donors (Lipinski definition) is 7. The summed E-state index contributed by atoms with van der Waals surface area (Å²) in [7, 11) is 6.17. The van der Waals surface area contributed by atoms with E-state index >= 15 is 0 Å². The predicted octanol–water partition coefficient (Wildman–Crippen LogP) is -5.54. The Bertz CT molecular complexity index is 999. The van der Waals surface area contributed by atoms with Crippen molar-refractivity contribution in [3.63, 3.8) is 0 Å². The van der Waals surface area contributed by atoms with Crippen molar-refractivity contribution in [2.45, 2.75) is 76.2 Å². The highest BCUT2D eigenvalue weighted by molar-refractivity contribution is 6.84. The SMILES string of the molecule is C[NH+](C)CCCNC(=O)OCC(O)COC(=O)NCCC[Si](C)(C)O[Si](C)(C)CCCNC(=O)OCC(O)COC(=O)NCCC[N+](C)(C)C.[I-].[I-]. The third-order valence-electron chi connectivity index (χ3n) is 7.03. The molecule has 0 spiro atoms. The number of ether oxygens (including phenoxy) is 4. The Hall–Kier alpha value is -1.23. The zero-order chi connectivity index (χ0) is 38.2. The topological polar surface area (TPSA) is 207 Å². The molecule has 0 radical (unpaired) electrons. The molecule has 2 atom stereocenters. The average molecular weight is 1010 g/mol. The van der Waals surface area contributed by atoms with Crippen LogP contribution < -0.4 is 74.1 Å². The van der Waals surface area contributed by atoms with Crippen molar-refractivity contribution < 1.29 is 110 Å². The molecule has 7 N–H and O–H groups in total. The molecule has 0 saturated carbocycles. The van der Waals surface area contributed by atoms with Crippen molar-refractivity contribution in [3.8, 4) is 0 Å². The largest absolute Gasteiger partial charge is 1.00 e. The lowest BCUT2D eigenvalue weighted by Gasteiger charge is -2.34. The van der Waals surface area contributed by atoms with Crippen LogP contribution in [0.4, 0.5) is 19.2 Å². The van der Waals surface area contributed by atoms with Crippen LogP contribution >= 0.6 is 0 Å². The van der Waals surface area contributed by atoms with Gasteiger partial charge in [0.2, 0.25) is 0 Å². The molecule has 0 aliphatic rings. The average Bonchev–Trinajstić information content (AvgIpc) is 3.00. The van der Waals surface area contributed by atoms with Crippen molar-refractivity contribution >= 4 is 41.0 Å². The lowest BCUT2D eigenvalue weighted by atomic mass is 10.4. The molecule has 21 heteroatoms. The van der Waals surface area contributed by atoms with E-state index in [0.29, 0.717) is 39.0 Å². The Morgan fingerprint density at radius 3 is 1.21 bits per heavy atom. The minimum Gasteiger partial charge on any atom is -1.00 e. The molecule has 0 aliphatic heterocycles. The summed E-state index contributed by atoms with van der Waals surface area (Å²) in [6.07, 6.45) is -1.83. The van der Waals surface area contributed by atoms with Crippen molar-refractivity contribution in [1.29, 1.82) is 0 Å². The summed E-state index contributed by atoms with van der Waals surface area (Å²) in [6.45, 7) is 10.9. The number of carbonyl (C=O) groups is 4. The van der Waals surface area contributed by atoms with E-state index < -0.39 is 53.2 Å². The minimum atomic E-state index is -2.04. The molecule has 0 aromatic rings. The van der Waals surface area contributed by atoms with Gasteiger partial charge in [-0.25, -0.2) is 19.2 Å². The maximum Gasteiger partial charge on any atom is 0.407 e. The lowest BCUT2D eigenvalue weighted by molar-refractivity contribution is -0.870. The quantitative estimate of drug-likeness (QED) is 0.0143. The molecule has 310 valence electrons. The van der Waals surface area contributed by atoms with Gasteiger partial charge < -0.3 is 112 Å². The van der Waals surface area contributed by atoms with Crippen molar-refractivity contribution in [2.75, 3.05) is 101 Å². The van der Waals surface area contributed by atoms with Gasteiger partial charge >= 0.3 is 24.4 Å². The van der Waals surface area contributed by atoms with E-state index in [4.69, 9.17) is 23.1 Å². The highest BCUT2D eigenvalue weighted by Gasteiger charge is 2.32. The fraction of sp³-hybridized carbons (Fsp3) is 0.871. The molecule has 52 heavy (non-hydrogen) atoms. The van der Waals surface area contributed by atoms with Gasteiger partial charge in [0.25, 0.3) is 0 Å². The van der Waals surface area contributed by atoms with Crippen molar-refractivity contribution in [1.82, 2.24) is 21.3 Å². The van der Waals surface area contributed by atoms with Gasteiger partial charge in [-0.15, -0.1) is 0 Å². The number of carbonyl (C=O) groups excluding carboxylic acids is 4. The molecule has 0 aliphatic carbocycles. The first-order valence-electron chi connectivity index (χ1n) is 17.5. The number of aliphatic hydroxyl groups excluding tert-OH is 2. The summed E-state index contributed by atoms with van der Waals surface area (Å²) < 4.78 is 27.3. The first-order chi connectivity index (χ1) is 23.2. The third-order valence-corrected chi connectivity index (χ3v) is 14.6.